The lowest BCUT2D eigenvalue weighted by atomic mass is 9.83. The van der Waals surface area contributed by atoms with Crippen LogP contribution in [0.2, 0.25) is 0 Å². The highest BCUT2D eigenvalue weighted by atomic mass is 79.9. The van der Waals surface area contributed by atoms with Gasteiger partial charge in [0.2, 0.25) is 0 Å². The summed E-state index contributed by atoms with van der Waals surface area (Å²) in [7, 11) is 0. The smallest absolute Gasteiger partial charge is 0.00726 e. The second-order valence-electron chi connectivity index (χ2n) is 5.34. The maximum absolute atomic E-state index is 3.62. The summed E-state index contributed by atoms with van der Waals surface area (Å²) in [6.45, 7) is 9.07. The molecule has 1 aromatic carbocycles. The van der Waals surface area contributed by atoms with Crippen molar-refractivity contribution in [2.75, 3.05) is 11.1 Å². The van der Waals surface area contributed by atoms with Gasteiger partial charge in [0.1, 0.15) is 0 Å². The molecule has 0 aliphatic rings. The number of hydrogen-bond donors (Lipinski definition) is 0. The number of alkyl halides is 1. The van der Waals surface area contributed by atoms with E-state index >= 15 is 0 Å². The van der Waals surface area contributed by atoms with Crippen molar-refractivity contribution in [3.8, 4) is 0 Å². The molecule has 0 N–H and O–H groups in total. The van der Waals surface area contributed by atoms with E-state index in [1.165, 1.54) is 16.2 Å². The zero-order valence-corrected chi connectivity index (χ0v) is 13.0. The van der Waals surface area contributed by atoms with Crippen molar-refractivity contribution in [2.45, 2.75) is 32.6 Å². The van der Waals surface area contributed by atoms with E-state index in [0.717, 1.165) is 5.33 Å². The summed E-state index contributed by atoms with van der Waals surface area (Å²) in [5, 5.41) is 1.08. The predicted octanol–water partition coefficient (Wildman–Crippen LogP) is 5.14. The van der Waals surface area contributed by atoms with Gasteiger partial charge in [-0.2, -0.15) is 0 Å². The average Bonchev–Trinajstić information content (AvgIpc) is 2.19. The molecule has 0 saturated carbocycles. The Morgan fingerprint density at radius 2 is 1.75 bits per heavy atom. The van der Waals surface area contributed by atoms with Crippen LogP contribution in [0.25, 0.3) is 0 Å². The largest absolute Gasteiger partial charge is 0.126 e. The van der Waals surface area contributed by atoms with E-state index in [0.29, 0.717) is 11.3 Å². The van der Waals surface area contributed by atoms with E-state index in [1.807, 2.05) is 11.8 Å². The van der Waals surface area contributed by atoms with Crippen LogP contribution in [-0.2, 0) is 0 Å². The van der Waals surface area contributed by atoms with E-state index in [4.69, 9.17) is 0 Å². The minimum absolute atomic E-state index is 0.376. The van der Waals surface area contributed by atoms with E-state index in [-0.39, 0.29) is 0 Å². The monoisotopic (exact) mass is 300 g/mol. The molecule has 0 aliphatic heterocycles. The van der Waals surface area contributed by atoms with Gasteiger partial charge in [0.15, 0.2) is 0 Å². The molecule has 0 radical (unpaired) electrons. The van der Waals surface area contributed by atoms with Crippen LogP contribution in [0.1, 0.15) is 26.3 Å². The van der Waals surface area contributed by atoms with Gasteiger partial charge in [-0.1, -0.05) is 54.4 Å². The fraction of sp³-hybridized carbons (Fsp3) is 0.571. The molecule has 0 aliphatic carbocycles. The van der Waals surface area contributed by atoms with Crippen molar-refractivity contribution in [1.29, 1.82) is 0 Å². The summed E-state index contributed by atoms with van der Waals surface area (Å²) >= 11 is 5.58. The van der Waals surface area contributed by atoms with Crippen LogP contribution in [-0.4, -0.2) is 11.1 Å². The number of rotatable bonds is 4. The molecule has 90 valence electrons. The first kappa shape index (κ1) is 14.1. The molecule has 0 bridgehead atoms. The highest BCUT2D eigenvalue weighted by molar-refractivity contribution is 9.09. The Hall–Kier alpha value is 0.0500. The highest BCUT2D eigenvalue weighted by Gasteiger charge is 2.23. The quantitative estimate of drug-likeness (QED) is 0.548. The minimum Gasteiger partial charge on any atom is -0.126 e. The van der Waals surface area contributed by atoms with Crippen molar-refractivity contribution in [3.63, 3.8) is 0 Å². The maximum Gasteiger partial charge on any atom is 0.00726 e. The first-order chi connectivity index (χ1) is 7.43. The van der Waals surface area contributed by atoms with E-state index in [9.17, 15) is 0 Å². The summed E-state index contributed by atoms with van der Waals surface area (Å²) < 4.78 is 0. The SMILES string of the molecule is Cc1ccc(SCC(CBr)C(C)(C)C)cc1. The van der Waals surface area contributed by atoms with Gasteiger partial charge in [-0.25, -0.2) is 0 Å². The molecular formula is C14H21BrS. The standard InChI is InChI=1S/C14H21BrS/c1-11-5-7-13(8-6-11)16-10-12(9-15)14(2,3)4/h5-8,12H,9-10H2,1-4H3. The molecule has 0 nitrogen and oxygen atoms in total. The second kappa shape index (κ2) is 6.11. The molecular weight excluding hydrogens is 280 g/mol. The third-order valence-electron chi connectivity index (χ3n) is 2.88. The van der Waals surface area contributed by atoms with Crippen LogP contribution in [0.15, 0.2) is 29.2 Å². The van der Waals surface area contributed by atoms with Crippen LogP contribution in [0.5, 0.6) is 0 Å². The van der Waals surface area contributed by atoms with Crippen LogP contribution in [0.4, 0.5) is 0 Å². The summed E-state index contributed by atoms with van der Waals surface area (Å²) in [6, 6.07) is 8.80. The lowest BCUT2D eigenvalue weighted by Gasteiger charge is -2.28. The molecule has 0 heterocycles. The third-order valence-corrected chi connectivity index (χ3v) is 4.84. The third kappa shape index (κ3) is 4.50. The van der Waals surface area contributed by atoms with Crippen molar-refractivity contribution < 1.29 is 0 Å². The molecule has 1 atom stereocenters. The molecule has 2 heteroatoms. The van der Waals surface area contributed by atoms with Crippen molar-refractivity contribution >= 4 is 27.7 Å². The Balaban J connectivity index is 2.53. The predicted molar refractivity (Wildman–Crippen MR) is 78.6 cm³/mol. The lowest BCUT2D eigenvalue weighted by Crippen LogP contribution is -2.23. The minimum atomic E-state index is 0.376. The molecule has 0 spiro atoms. The summed E-state index contributed by atoms with van der Waals surface area (Å²) in [5.41, 5.74) is 1.71. The topological polar surface area (TPSA) is 0 Å². The molecule has 16 heavy (non-hydrogen) atoms. The van der Waals surface area contributed by atoms with Gasteiger partial charge in [0.25, 0.3) is 0 Å². The number of hydrogen-bond acceptors (Lipinski definition) is 1. The van der Waals surface area contributed by atoms with Gasteiger partial charge in [0.05, 0.1) is 0 Å². The van der Waals surface area contributed by atoms with Gasteiger partial charge in [-0.05, 0) is 30.4 Å². The molecule has 0 aromatic heterocycles. The summed E-state index contributed by atoms with van der Waals surface area (Å²) in [6.07, 6.45) is 0. The summed E-state index contributed by atoms with van der Waals surface area (Å²) in [5.74, 6) is 1.89. The molecule has 1 unspecified atom stereocenters. The van der Waals surface area contributed by atoms with Crippen LogP contribution >= 0.6 is 27.7 Å². The zero-order chi connectivity index (χ0) is 12.2. The second-order valence-corrected chi connectivity index (χ2v) is 7.08. The van der Waals surface area contributed by atoms with Gasteiger partial charge >= 0.3 is 0 Å². The number of aryl methyl sites for hydroxylation is 1. The van der Waals surface area contributed by atoms with Crippen molar-refractivity contribution in [2.24, 2.45) is 11.3 Å². The molecule has 1 aromatic rings. The van der Waals surface area contributed by atoms with Gasteiger partial charge in [-0.3, -0.25) is 0 Å². The van der Waals surface area contributed by atoms with E-state index < -0.39 is 0 Å². The van der Waals surface area contributed by atoms with E-state index in [2.05, 4.69) is 67.9 Å². The summed E-state index contributed by atoms with van der Waals surface area (Å²) in [4.78, 5) is 1.38. The zero-order valence-electron chi connectivity index (χ0n) is 10.6. The first-order valence-corrected chi connectivity index (χ1v) is 7.79. The number of benzene rings is 1. The van der Waals surface area contributed by atoms with Crippen molar-refractivity contribution in [1.82, 2.24) is 0 Å². The normalized spacial score (nSPS) is 13.8. The van der Waals surface area contributed by atoms with Crippen LogP contribution in [0, 0.1) is 18.3 Å². The number of thioether (sulfide) groups is 1. The fourth-order valence-corrected chi connectivity index (χ4v) is 4.20. The van der Waals surface area contributed by atoms with Crippen molar-refractivity contribution in [3.05, 3.63) is 29.8 Å². The Labute approximate surface area is 112 Å². The van der Waals surface area contributed by atoms with Gasteiger partial charge < -0.3 is 0 Å². The van der Waals surface area contributed by atoms with Crippen LogP contribution < -0.4 is 0 Å². The highest BCUT2D eigenvalue weighted by Crippen LogP contribution is 2.32. The van der Waals surface area contributed by atoms with Gasteiger partial charge in [0, 0.05) is 16.0 Å². The van der Waals surface area contributed by atoms with E-state index in [1.54, 1.807) is 0 Å². The lowest BCUT2D eigenvalue weighted by molar-refractivity contribution is 0.295. The molecule has 0 fully saturated rings. The Morgan fingerprint density at radius 1 is 1.19 bits per heavy atom. The molecule has 0 saturated heterocycles. The first-order valence-electron chi connectivity index (χ1n) is 5.69. The number of halogens is 1. The Kier molecular flexibility index (Phi) is 5.39. The fourth-order valence-electron chi connectivity index (χ4n) is 1.36. The molecule has 1 rings (SSSR count). The Bertz CT molecular complexity index is 311. The molecule has 0 amide bonds. The van der Waals surface area contributed by atoms with Gasteiger partial charge in [-0.15, -0.1) is 11.8 Å². The maximum atomic E-state index is 3.62. The van der Waals surface area contributed by atoms with Crippen LogP contribution in [0.3, 0.4) is 0 Å². The average molecular weight is 301 g/mol. The Morgan fingerprint density at radius 3 is 2.19 bits per heavy atom.